The number of aliphatic hydroxyl groups excluding tert-OH is 1. The van der Waals surface area contributed by atoms with E-state index in [1.807, 2.05) is 0 Å². The number of carboxylic acid groups (broad SMARTS) is 1. The van der Waals surface area contributed by atoms with Gasteiger partial charge in [0.05, 0.1) is 6.61 Å². The topological polar surface area (TPSA) is 168 Å². The lowest BCUT2D eigenvalue weighted by Crippen LogP contribution is -2.48. The Labute approximate surface area is 138 Å². The molecule has 0 bridgehead atoms. The molecule has 1 rings (SSSR count). The zero-order valence-electron chi connectivity index (χ0n) is 13.0. The third kappa shape index (κ3) is 5.82. The average molecular weight is 339 g/mol. The van der Waals surface area contributed by atoms with Gasteiger partial charge in [-0.15, -0.1) is 0 Å². The van der Waals surface area contributed by atoms with E-state index in [0.717, 1.165) is 4.90 Å². The van der Waals surface area contributed by atoms with Gasteiger partial charge in [-0.25, -0.2) is 14.9 Å². The van der Waals surface area contributed by atoms with Crippen LogP contribution in [0.4, 0.5) is 0 Å². The van der Waals surface area contributed by atoms with E-state index in [9.17, 15) is 20.0 Å². The molecule has 0 saturated heterocycles. The SMILES string of the molecule is NCCC[C@H](C(=O)O)N(Cc1ccc(CO)cc1)/C(N)=N\[N+](=O)[O-]. The Kier molecular flexibility index (Phi) is 7.59. The molecule has 10 heteroatoms. The van der Waals surface area contributed by atoms with Gasteiger partial charge in [-0.05, 0) is 30.5 Å². The third-order valence-electron chi connectivity index (χ3n) is 3.38. The molecule has 0 amide bonds. The number of hydrogen-bond donors (Lipinski definition) is 4. The molecule has 0 aliphatic heterocycles. The third-order valence-corrected chi connectivity index (χ3v) is 3.38. The van der Waals surface area contributed by atoms with E-state index >= 15 is 0 Å². The first-order chi connectivity index (χ1) is 11.4. The summed E-state index contributed by atoms with van der Waals surface area (Å²) in [4.78, 5) is 23.3. The van der Waals surface area contributed by atoms with Crippen LogP contribution in [0, 0.1) is 10.1 Å². The standard InChI is InChI=1S/C14H21N5O5/c15-7-1-2-12(13(21)22)18(14(16)17-19(23)24)8-10-3-5-11(9-20)6-4-10/h3-6,12,20H,1-2,7-9,15H2,(H2,16,17)(H,21,22)/t12-/m1/s1. The zero-order chi connectivity index (χ0) is 18.1. The molecular weight excluding hydrogens is 318 g/mol. The van der Waals surface area contributed by atoms with Gasteiger partial charge in [-0.2, -0.15) is 0 Å². The van der Waals surface area contributed by atoms with Gasteiger partial charge < -0.3 is 26.6 Å². The van der Waals surface area contributed by atoms with Crippen molar-refractivity contribution in [3.63, 3.8) is 0 Å². The zero-order valence-corrected chi connectivity index (χ0v) is 13.0. The van der Waals surface area contributed by atoms with Crippen molar-refractivity contribution in [1.82, 2.24) is 4.90 Å². The lowest BCUT2D eigenvalue weighted by Gasteiger charge is -2.28. The lowest BCUT2D eigenvalue weighted by molar-refractivity contribution is -0.485. The molecule has 0 heterocycles. The first-order valence-corrected chi connectivity index (χ1v) is 7.25. The number of carbonyl (C=O) groups is 1. The minimum Gasteiger partial charge on any atom is -0.480 e. The largest absolute Gasteiger partial charge is 0.480 e. The first kappa shape index (κ1) is 19.3. The molecule has 0 aliphatic rings. The molecule has 1 aromatic carbocycles. The monoisotopic (exact) mass is 339 g/mol. The summed E-state index contributed by atoms with van der Waals surface area (Å²) in [6.07, 6.45) is 0.594. The molecule has 0 spiro atoms. The van der Waals surface area contributed by atoms with Crippen molar-refractivity contribution in [1.29, 1.82) is 0 Å². The Morgan fingerprint density at radius 3 is 2.38 bits per heavy atom. The van der Waals surface area contributed by atoms with Crippen LogP contribution in [0.2, 0.25) is 0 Å². The number of aliphatic carboxylic acids is 1. The van der Waals surface area contributed by atoms with Crippen LogP contribution in [0.1, 0.15) is 24.0 Å². The predicted molar refractivity (Wildman–Crippen MR) is 86.2 cm³/mol. The molecule has 6 N–H and O–H groups in total. The fraction of sp³-hybridized carbons (Fsp3) is 0.429. The van der Waals surface area contributed by atoms with Crippen molar-refractivity contribution >= 4 is 11.9 Å². The molecule has 1 aromatic rings. The maximum atomic E-state index is 11.5. The van der Waals surface area contributed by atoms with E-state index in [0.29, 0.717) is 17.5 Å². The Bertz CT molecular complexity index is 590. The van der Waals surface area contributed by atoms with Crippen molar-refractivity contribution in [2.75, 3.05) is 6.54 Å². The summed E-state index contributed by atoms with van der Waals surface area (Å²) in [7, 11) is 0. The van der Waals surface area contributed by atoms with E-state index < -0.39 is 23.0 Å². The minimum atomic E-state index is -1.17. The highest BCUT2D eigenvalue weighted by Crippen LogP contribution is 2.14. The van der Waals surface area contributed by atoms with Gasteiger partial charge in [-0.1, -0.05) is 24.3 Å². The van der Waals surface area contributed by atoms with Crippen LogP contribution in [-0.4, -0.2) is 44.7 Å². The number of aliphatic hydroxyl groups is 1. The van der Waals surface area contributed by atoms with Gasteiger partial charge in [0.2, 0.25) is 0 Å². The molecule has 0 radical (unpaired) electrons. The Morgan fingerprint density at radius 1 is 1.33 bits per heavy atom. The molecule has 1 atom stereocenters. The van der Waals surface area contributed by atoms with E-state index in [1.165, 1.54) is 0 Å². The van der Waals surface area contributed by atoms with E-state index in [2.05, 4.69) is 5.10 Å². The molecule has 0 saturated carbocycles. The number of nitro groups is 1. The highest BCUT2D eigenvalue weighted by molar-refractivity contribution is 5.84. The molecular formula is C14H21N5O5. The smallest absolute Gasteiger partial charge is 0.326 e. The number of benzene rings is 1. The summed E-state index contributed by atoms with van der Waals surface area (Å²) in [5.74, 6) is -1.66. The minimum absolute atomic E-state index is 0.0242. The number of hydrazone groups is 1. The summed E-state index contributed by atoms with van der Waals surface area (Å²) in [5, 5.41) is 31.1. The van der Waals surface area contributed by atoms with Crippen molar-refractivity contribution in [3.05, 3.63) is 45.5 Å². The highest BCUT2D eigenvalue weighted by atomic mass is 16.7. The normalized spacial score (nSPS) is 12.7. The maximum absolute atomic E-state index is 11.5. The molecule has 0 unspecified atom stereocenters. The number of hydrogen-bond acceptors (Lipinski definition) is 5. The first-order valence-electron chi connectivity index (χ1n) is 7.25. The maximum Gasteiger partial charge on any atom is 0.326 e. The van der Waals surface area contributed by atoms with Crippen LogP contribution in [0.5, 0.6) is 0 Å². The Balaban J connectivity index is 3.10. The van der Waals surface area contributed by atoms with Crippen LogP contribution >= 0.6 is 0 Å². The fourth-order valence-electron chi connectivity index (χ4n) is 2.16. The average Bonchev–Trinajstić information content (AvgIpc) is 2.53. The summed E-state index contributed by atoms with van der Waals surface area (Å²) in [6, 6.07) is 5.61. The van der Waals surface area contributed by atoms with E-state index in [1.54, 1.807) is 24.3 Å². The van der Waals surface area contributed by atoms with Crippen LogP contribution in [0.15, 0.2) is 29.4 Å². The van der Waals surface area contributed by atoms with Crippen molar-refractivity contribution in [2.45, 2.75) is 32.0 Å². The second-order valence-corrected chi connectivity index (χ2v) is 5.08. The molecule has 0 aromatic heterocycles. The summed E-state index contributed by atoms with van der Waals surface area (Å²) in [6.45, 7) is 0.189. The second-order valence-electron chi connectivity index (χ2n) is 5.08. The van der Waals surface area contributed by atoms with Gasteiger partial charge in [0.25, 0.3) is 5.96 Å². The van der Waals surface area contributed by atoms with Gasteiger partial charge >= 0.3 is 5.97 Å². The van der Waals surface area contributed by atoms with Gasteiger partial charge in [0.1, 0.15) is 11.1 Å². The summed E-state index contributed by atoms with van der Waals surface area (Å²) in [5.41, 5.74) is 12.4. The molecule has 132 valence electrons. The Morgan fingerprint density at radius 2 is 1.92 bits per heavy atom. The molecule has 24 heavy (non-hydrogen) atoms. The Hall–Kier alpha value is -2.72. The second kappa shape index (κ2) is 9.43. The van der Waals surface area contributed by atoms with Crippen molar-refractivity contribution in [2.24, 2.45) is 16.6 Å². The molecule has 0 fully saturated rings. The fourth-order valence-corrected chi connectivity index (χ4v) is 2.16. The summed E-state index contributed by atoms with van der Waals surface area (Å²) >= 11 is 0. The van der Waals surface area contributed by atoms with E-state index in [4.69, 9.17) is 16.6 Å². The van der Waals surface area contributed by atoms with Crippen LogP contribution in [0.25, 0.3) is 0 Å². The number of rotatable bonds is 9. The van der Waals surface area contributed by atoms with Crippen molar-refractivity contribution in [3.8, 4) is 0 Å². The van der Waals surface area contributed by atoms with Crippen molar-refractivity contribution < 1.29 is 20.0 Å². The van der Waals surface area contributed by atoms with Crippen LogP contribution in [-0.2, 0) is 17.9 Å². The van der Waals surface area contributed by atoms with Gasteiger partial charge in [0.15, 0.2) is 5.03 Å². The quantitative estimate of drug-likeness (QED) is 0.205. The van der Waals surface area contributed by atoms with Crippen LogP contribution in [0.3, 0.4) is 0 Å². The predicted octanol–water partition coefficient (Wildman–Crippen LogP) is -0.321. The summed E-state index contributed by atoms with van der Waals surface area (Å²) < 4.78 is 0. The number of nitrogens with two attached hydrogens (primary N) is 2. The lowest BCUT2D eigenvalue weighted by atomic mass is 10.1. The molecule has 0 aliphatic carbocycles. The number of nitrogens with zero attached hydrogens (tertiary/aromatic N) is 3. The number of carboxylic acids is 1. The van der Waals surface area contributed by atoms with Crippen LogP contribution < -0.4 is 11.5 Å². The van der Waals surface area contributed by atoms with E-state index in [-0.39, 0.29) is 26.1 Å². The van der Waals surface area contributed by atoms with Gasteiger partial charge in [-0.3, -0.25) is 0 Å². The highest BCUT2D eigenvalue weighted by Gasteiger charge is 2.28. The molecule has 10 nitrogen and oxygen atoms in total. The number of guanidine groups is 1. The van der Waals surface area contributed by atoms with Gasteiger partial charge in [0, 0.05) is 6.54 Å².